The Morgan fingerprint density at radius 3 is 2.85 bits per heavy atom. The van der Waals surface area contributed by atoms with Crippen molar-refractivity contribution in [2.75, 3.05) is 18.9 Å². The summed E-state index contributed by atoms with van der Waals surface area (Å²) in [6.45, 7) is 1.69. The first kappa shape index (κ1) is 12.5. The number of nitrogens with zero attached hydrogens (tertiary/aromatic N) is 2. The lowest BCUT2D eigenvalue weighted by molar-refractivity contribution is -0.118. The Balaban J connectivity index is 1.97. The molecule has 0 atom stereocenters. The van der Waals surface area contributed by atoms with Crippen molar-refractivity contribution >= 4 is 12.2 Å². The van der Waals surface area contributed by atoms with Crippen LogP contribution in [0.3, 0.4) is 0 Å². The highest BCUT2D eigenvalue weighted by Gasteiger charge is 2.14. The monoisotopic (exact) mass is 269 g/mol. The van der Waals surface area contributed by atoms with E-state index in [1.54, 1.807) is 17.2 Å². The van der Waals surface area contributed by atoms with E-state index in [-0.39, 0.29) is 0 Å². The zero-order valence-corrected chi connectivity index (χ0v) is 11.0. The molecule has 5 heteroatoms. The number of benzene rings is 1. The molecule has 3 rings (SSSR count). The number of amides is 1. The highest BCUT2D eigenvalue weighted by Crippen LogP contribution is 2.28. The number of ether oxygens (including phenoxy) is 1. The van der Waals surface area contributed by atoms with E-state index in [9.17, 15) is 4.79 Å². The van der Waals surface area contributed by atoms with Gasteiger partial charge in [0.25, 0.3) is 0 Å². The van der Waals surface area contributed by atoms with E-state index < -0.39 is 0 Å². The fourth-order valence-corrected chi connectivity index (χ4v) is 2.26. The van der Waals surface area contributed by atoms with E-state index in [0.717, 1.165) is 28.8 Å². The molecule has 1 amide bonds. The molecule has 0 bridgehead atoms. The lowest BCUT2D eigenvalue weighted by Crippen LogP contribution is -2.23. The highest BCUT2D eigenvalue weighted by molar-refractivity contribution is 5.66. The minimum absolute atomic E-state index is 0.499. The van der Waals surface area contributed by atoms with Crippen LogP contribution < -0.4 is 10.5 Å². The van der Waals surface area contributed by atoms with Crippen LogP contribution in [0.2, 0.25) is 0 Å². The van der Waals surface area contributed by atoms with Crippen LogP contribution in [-0.2, 0) is 11.3 Å². The summed E-state index contributed by atoms with van der Waals surface area (Å²) in [4.78, 5) is 16.8. The van der Waals surface area contributed by atoms with Crippen molar-refractivity contribution in [2.45, 2.75) is 6.54 Å². The normalized spacial score (nSPS) is 14.1. The standard InChI is InChI=1S/C15H15N3O2/c16-15-4-2-12(8-17-15)11-1-3-14-13(7-11)9-18(10-19)5-6-20-14/h1-4,7-8,10H,5-6,9H2,(H2,16,17). The van der Waals surface area contributed by atoms with Gasteiger partial charge in [0.05, 0.1) is 6.54 Å². The first-order chi connectivity index (χ1) is 9.76. The number of hydrogen-bond acceptors (Lipinski definition) is 4. The van der Waals surface area contributed by atoms with Gasteiger partial charge in [0.2, 0.25) is 6.41 Å². The Kier molecular flexibility index (Phi) is 3.25. The molecule has 2 heterocycles. The van der Waals surface area contributed by atoms with Crippen LogP contribution in [0, 0.1) is 0 Å². The second-order valence-corrected chi connectivity index (χ2v) is 4.72. The molecule has 102 valence electrons. The molecular weight excluding hydrogens is 254 g/mol. The largest absolute Gasteiger partial charge is 0.491 e. The minimum Gasteiger partial charge on any atom is -0.491 e. The fourth-order valence-electron chi connectivity index (χ4n) is 2.26. The summed E-state index contributed by atoms with van der Waals surface area (Å²) in [5.41, 5.74) is 8.62. The van der Waals surface area contributed by atoms with E-state index in [2.05, 4.69) is 4.98 Å². The summed E-state index contributed by atoms with van der Waals surface area (Å²) in [5, 5.41) is 0. The molecule has 0 spiro atoms. The van der Waals surface area contributed by atoms with Gasteiger partial charge in [-0.15, -0.1) is 0 Å². The topological polar surface area (TPSA) is 68.5 Å². The van der Waals surface area contributed by atoms with Crippen LogP contribution >= 0.6 is 0 Å². The molecule has 1 aliphatic rings. The SMILES string of the molecule is Nc1ccc(-c2ccc3c(c2)CN(C=O)CCO3)cn1. The Labute approximate surface area is 117 Å². The van der Waals surface area contributed by atoms with Gasteiger partial charge in [0.1, 0.15) is 18.2 Å². The van der Waals surface area contributed by atoms with E-state index in [1.807, 2.05) is 24.3 Å². The first-order valence-corrected chi connectivity index (χ1v) is 6.43. The Morgan fingerprint density at radius 1 is 1.25 bits per heavy atom. The number of pyridine rings is 1. The van der Waals surface area contributed by atoms with Gasteiger partial charge in [-0.1, -0.05) is 6.07 Å². The predicted molar refractivity (Wildman–Crippen MR) is 76.1 cm³/mol. The summed E-state index contributed by atoms with van der Waals surface area (Å²) >= 11 is 0. The molecule has 1 aliphatic heterocycles. The van der Waals surface area contributed by atoms with Gasteiger partial charge in [-0.25, -0.2) is 4.98 Å². The summed E-state index contributed by atoms with van der Waals surface area (Å²) < 4.78 is 5.65. The number of hydrogen-bond donors (Lipinski definition) is 1. The maximum absolute atomic E-state index is 11.0. The third-order valence-corrected chi connectivity index (χ3v) is 3.34. The summed E-state index contributed by atoms with van der Waals surface area (Å²) in [7, 11) is 0. The van der Waals surface area contributed by atoms with Crippen molar-refractivity contribution < 1.29 is 9.53 Å². The lowest BCUT2D eigenvalue weighted by atomic mass is 10.0. The van der Waals surface area contributed by atoms with Gasteiger partial charge in [0, 0.05) is 23.9 Å². The van der Waals surface area contributed by atoms with E-state index in [1.165, 1.54) is 0 Å². The number of carbonyl (C=O) groups excluding carboxylic acids is 1. The molecule has 0 saturated carbocycles. The van der Waals surface area contributed by atoms with Crippen molar-refractivity contribution in [2.24, 2.45) is 0 Å². The van der Waals surface area contributed by atoms with Crippen LogP contribution in [0.4, 0.5) is 5.82 Å². The fraction of sp³-hybridized carbons (Fsp3) is 0.200. The van der Waals surface area contributed by atoms with Gasteiger partial charge < -0.3 is 15.4 Å². The maximum Gasteiger partial charge on any atom is 0.210 e. The number of fused-ring (bicyclic) bond motifs is 1. The zero-order valence-electron chi connectivity index (χ0n) is 11.0. The Morgan fingerprint density at radius 2 is 2.10 bits per heavy atom. The maximum atomic E-state index is 11.0. The molecule has 20 heavy (non-hydrogen) atoms. The molecule has 1 aromatic carbocycles. The molecule has 0 fully saturated rings. The van der Waals surface area contributed by atoms with Crippen LogP contribution in [0.1, 0.15) is 5.56 Å². The third-order valence-electron chi connectivity index (χ3n) is 3.34. The van der Waals surface area contributed by atoms with Gasteiger partial charge in [-0.3, -0.25) is 4.79 Å². The number of aromatic nitrogens is 1. The number of nitrogens with two attached hydrogens (primary N) is 1. The molecule has 2 N–H and O–H groups in total. The highest BCUT2D eigenvalue weighted by atomic mass is 16.5. The van der Waals surface area contributed by atoms with E-state index >= 15 is 0 Å². The van der Waals surface area contributed by atoms with Gasteiger partial charge >= 0.3 is 0 Å². The smallest absolute Gasteiger partial charge is 0.210 e. The van der Waals surface area contributed by atoms with Crippen LogP contribution in [0.15, 0.2) is 36.5 Å². The van der Waals surface area contributed by atoms with Crippen molar-refractivity contribution in [1.82, 2.24) is 9.88 Å². The molecule has 0 unspecified atom stereocenters. The molecular formula is C15H15N3O2. The third kappa shape index (κ3) is 2.42. The molecule has 0 saturated heterocycles. The predicted octanol–water partition coefficient (Wildman–Crippen LogP) is 1.68. The number of carbonyl (C=O) groups is 1. The van der Waals surface area contributed by atoms with Crippen molar-refractivity contribution in [1.29, 1.82) is 0 Å². The zero-order chi connectivity index (χ0) is 13.9. The number of anilines is 1. The van der Waals surface area contributed by atoms with Crippen molar-refractivity contribution in [3.05, 3.63) is 42.1 Å². The summed E-state index contributed by atoms with van der Waals surface area (Å²) in [5.74, 6) is 1.33. The average molecular weight is 269 g/mol. The lowest BCUT2D eigenvalue weighted by Gasteiger charge is -2.13. The van der Waals surface area contributed by atoms with Gasteiger partial charge in [0.15, 0.2) is 0 Å². The quantitative estimate of drug-likeness (QED) is 0.842. The molecule has 5 nitrogen and oxygen atoms in total. The van der Waals surface area contributed by atoms with Gasteiger partial charge in [-0.05, 0) is 29.8 Å². The van der Waals surface area contributed by atoms with Gasteiger partial charge in [-0.2, -0.15) is 0 Å². The molecule has 0 radical (unpaired) electrons. The van der Waals surface area contributed by atoms with E-state index in [4.69, 9.17) is 10.5 Å². The molecule has 2 aromatic rings. The Hall–Kier alpha value is -2.56. The minimum atomic E-state index is 0.499. The van der Waals surface area contributed by atoms with Crippen molar-refractivity contribution in [3.63, 3.8) is 0 Å². The first-order valence-electron chi connectivity index (χ1n) is 6.43. The van der Waals surface area contributed by atoms with Crippen LogP contribution in [0.5, 0.6) is 5.75 Å². The second kappa shape index (κ2) is 5.21. The number of nitrogen functional groups attached to an aromatic ring is 1. The van der Waals surface area contributed by atoms with Crippen molar-refractivity contribution in [3.8, 4) is 16.9 Å². The van der Waals surface area contributed by atoms with Crippen LogP contribution in [-0.4, -0.2) is 29.4 Å². The summed E-state index contributed by atoms with van der Waals surface area (Å²) in [6, 6.07) is 9.66. The molecule has 1 aromatic heterocycles. The van der Waals surface area contributed by atoms with Crippen LogP contribution in [0.25, 0.3) is 11.1 Å². The number of rotatable bonds is 2. The Bertz CT molecular complexity index is 626. The summed E-state index contributed by atoms with van der Waals surface area (Å²) in [6.07, 6.45) is 2.60. The second-order valence-electron chi connectivity index (χ2n) is 4.72. The molecule has 0 aliphatic carbocycles. The average Bonchev–Trinajstić information content (AvgIpc) is 2.69. The van der Waals surface area contributed by atoms with E-state index in [0.29, 0.717) is 25.5 Å².